The molecule has 17 heavy (non-hydrogen) atoms. The Balaban J connectivity index is 0.997. The minimum atomic E-state index is 1.26. The molecule has 10 aliphatic carbocycles. The highest BCUT2D eigenvalue weighted by molar-refractivity contribution is 5.38. The molecule has 0 saturated heterocycles. The normalized spacial score (nSPS) is 91.1. The largest absolute Gasteiger partial charge is 0.0527 e. The second-order valence-electron chi connectivity index (χ2n) is 9.19. The first-order valence-electron chi connectivity index (χ1n) is 8.48. The number of hydrogen-bond donors (Lipinski definition) is 0. The lowest BCUT2D eigenvalue weighted by Gasteiger charge is -2.14. The molecule has 4 bridgehead atoms. The van der Waals surface area contributed by atoms with Gasteiger partial charge in [-0.3, -0.25) is 0 Å². The molecule has 88 valence electrons. The third-order valence-electron chi connectivity index (χ3n) is 9.60. The predicted octanol–water partition coefficient (Wildman–Crippen LogP) is 2.89. The van der Waals surface area contributed by atoms with E-state index >= 15 is 0 Å². The second-order valence-corrected chi connectivity index (χ2v) is 9.19. The molecule has 0 aliphatic heterocycles. The zero-order valence-corrected chi connectivity index (χ0v) is 10.2. The molecular formula is C17H20. The molecule has 0 aromatic heterocycles. The highest BCUT2D eigenvalue weighted by atomic mass is 15.0. The third kappa shape index (κ3) is 0.515. The molecular weight excluding hydrogens is 204 g/mol. The van der Waals surface area contributed by atoms with Crippen LogP contribution >= 0.6 is 0 Å². The molecule has 10 rings (SSSR count). The van der Waals surface area contributed by atoms with Crippen LogP contribution in [0.15, 0.2) is 0 Å². The summed E-state index contributed by atoms with van der Waals surface area (Å²) in [7, 11) is 0. The van der Waals surface area contributed by atoms with Crippen molar-refractivity contribution in [3.05, 3.63) is 0 Å². The summed E-state index contributed by atoms with van der Waals surface area (Å²) in [6.07, 6.45) is 4.96. The Morgan fingerprint density at radius 2 is 0.647 bits per heavy atom. The molecule has 0 nitrogen and oxygen atoms in total. The molecule has 0 radical (unpaired) electrons. The molecule has 0 aromatic carbocycles. The van der Waals surface area contributed by atoms with Crippen LogP contribution in [0.5, 0.6) is 0 Å². The summed E-state index contributed by atoms with van der Waals surface area (Å²) in [6.45, 7) is 0. The van der Waals surface area contributed by atoms with Crippen LogP contribution in [0.4, 0.5) is 0 Å². The first-order valence-corrected chi connectivity index (χ1v) is 8.48. The lowest BCUT2D eigenvalue weighted by Crippen LogP contribution is -2.05. The van der Waals surface area contributed by atoms with E-state index in [-0.39, 0.29) is 0 Å². The second kappa shape index (κ2) is 1.78. The van der Waals surface area contributed by atoms with E-state index in [1.165, 1.54) is 82.9 Å². The average Bonchev–Trinajstić information content (AvgIpc) is 3.15. The van der Waals surface area contributed by atoms with Crippen LogP contribution < -0.4 is 0 Å². The minimum Gasteiger partial charge on any atom is -0.0527 e. The SMILES string of the molecule is C(CC1C2C3C2C2C1C32)CC1C2C3C2C2C1C32. The summed E-state index contributed by atoms with van der Waals surface area (Å²) in [5.41, 5.74) is 0. The highest BCUT2D eigenvalue weighted by Crippen LogP contribution is 2.95. The Kier molecular flexibility index (Phi) is 0.790. The predicted molar refractivity (Wildman–Crippen MR) is 62.7 cm³/mol. The third-order valence-corrected chi connectivity index (χ3v) is 9.60. The van der Waals surface area contributed by atoms with Crippen LogP contribution in [-0.4, -0.2) is 0 Å². The van der Waals surface area contributed by atoms with E-state index in [1.54, 1.807) is 19.3 Å². The lowest BCUT2D eigenvalue weighted by atomic mass is 9.91. The van der Waals surface area contributed by atoms with E-state index in [9.17, 15) is 0 Å². The summed E-state index contributed by atoms with van der Waals surface area (Å²) in [6, 6.07) is 0. The van der Waals surface area contributed by atoms with Gasteiger partial charge in [0.1, 0.15) is 0 Å². The van der Waals surface area contributed by atoms with E-state index < -0.39 is 0 Å². The molecule has 10 aliphatic rings. The van der Waals surface area contributed by atoms with Crippen molar-refractivity contribution in [1.29, 1.82) is 0 Å². The fraction of sp³-hybridized carbons (Fsp3) is 1.00. The average molecular weight is 224 g/mol. The Bertz CT molecular complexity index is 362. The molecule has 0 heterocycles. The van der Waals surface area contributed by atoms with Gasteiger partial charge in [0.2, 0.25) is 0 Å². The van der Waals surface area contributed by atoms with E-state index in [2.05, 4.69) is 0 Å². The Morgan fingerprint density at radius 1 is 0.353 bits per heavy atom. The summed E-state index contributed by atoms with van der Waals surface area (Å²) in [5.74, 6) is 18.2. The van der Waals surface area contributed by atoms with Crippen LogP contribution in [0.1, 0.15) is 19.3 Å². The lowest BCUT2D eigenvalue weighted by molar-refractivity contribution is 0.355. The van der Waals surface area contributed by atoms with Crippen molar-refractivity contribution in [2.45, 2.75) is 19.3 Å². The molecule has 0 amide bonds. The van der Waals surface area contributed by atoms with Crippen molar-refractivity contribution in [3.8, 4) is 0 Å². The van der Waals surface area contributed by atoms with Crippen LogP contribution in [0, 0.1) is 82.9 Å². The summed E-state index contributed by atoms with van der Waals surface area (Å²) >= 11 is 0. The minimum absolute atomic E-state index is 1.26. The van der Waals surface area contributed by atoms with Gasteiger partial charge in [-0.05, 0) is 95.7 Å². The van der Waals surface area contributed by atoms with Crippen LogP contribution in [0.25, 0.3) is 0 Å². The molecule has 0 spiro atoms. The van der Waals surface area contributed by atoms with E-state index in [0.29, 0.717) is 0 Å². The topological polar surface area (TPSA) is 0 Å². The molecule has 10 fully saturated rings. The zero-order chi connectivity index (χ0) is 10.2. The van der Waals surface area contributed by atoms with Gasteiger partial charge in [-0.2, -0.15) is 0 Å². The maximum Gasteiger partial charge on any atom is -0.0312 e. The number of hydrogen-bond acceptors (Lipinski definition) is 0. The van der Waals surface area contributed by atoms with Crippen molar-refractivity contribution in [2.24, 2.45) is 82.9 Å². The van der Waals surface area contributed by atoms with Gasteiger partial charge >= 0.3 is 0 Å². The summed E-state index contributed by atoms with van der Waals surface area (Å²) in [5, 5.41) is 0. The van der Waals surface area contributed by atoms with Crippen LogP contribution in [0.3, 0.4) is 0 Å². The van der Waals surface area contributed by atoms with E-state index in [1.807, 2.05) is 0 Å². The van der Waals surface area contributed by atoms with Crippen molar-refractivity contribution in [2.75, 3.05) is 0 Å². The first kappa shape index (κ1) is 7.56. The smallest absolute Gasteiger partial charge is 0.0312 e. The molecule has 0 N–H and O–H groups in total. The first-order chi connectivity index (χ1) is 8.48. The molecule has 0 heteroatoms. The van der Waals surface area contributed by atoms with Gasteiger partial charge in [-0.15, -0.1) is 0 Å². The van der Waals surface area contributed by atoms with Crippen molar-refractivity contribution < 1.29 is 0 Å². The maximum atomic E-state index is 1.66. The van der Waals surface area contributed by atoms with Crippen molar-refractivity contribution in [3.63, 3.8) is 0 Å². The van der Waals surface area contributed by atoms with Gasteiger partial charge < -0.3 is 0 Å². The van der Waals surface area contributed by atoms with Gasteiger partial charge in [0.15, 0.2) is 0 Å². The Labute approximate surface area is 103 Å². The van der Waals surface area contributed by atoms with Gasteiger partial charge in [0.05, 0.1) is 0 Å². The van der Waals surface area contributed by atoms with Crippen LogP contribution in [0.2, 0.25) is 0 Å². The van der Waals surface area contributed by atoms with Gasteiger partial charge in [0, 0.05) is 0 Å². The van der Waals surface area contributed by atoms with Crippen molar-refractivity contribution in [1.82, 2.24) is 0 Å². The highest BCUT2D eigenvalue weighted by Gasteiger charge is 2.92. The molecule has 0 atom stereocenters. The monoisotopic (exact) mass is 224 g/mol. The molecule has 0 aromatic rings. The molecule has 10 saturated carbocycles. The van der Waals surface area contributed by atoms with E-state index in [4.69, 9.17) is 0 Å². The fourth-order valence-electron chi connectivity index (χ4n) is 9.51. The van der Waals surface area contributed by atoms with Crippen LogP contribution in [-0.2, 0) is 0 Å². The fourth-order valence-corrected chi connectivity index (χ4v) is 9.51. The maximum absolute atomic E-state index is 1.66. The Hall–Kier alpha value is 0. The standard InChI is InChI=1S/C17H20/c1(2-4-6-10-11(6)13-7(4)12(10)13)3-5-8-14-15(8)17-9(5)16(14)17/h4-17H,1-3H2. The zero-order valence-electron chi connectivity index (χ0n) is 10.2. The van der Waals surface area contributed by atoms with Crippen molar-refractivity contribution >= 4 is 0 Å². The molecule has 0 unspecified atom stereocenters. The van der Waals surface area contributed by atoms with E-state index in [0.717, 1.165) is 0 Å². The quantitative estimate of drug-likeness (QED) is 0.689. The van der Waals surface area contributed by atoms with Gasteiger partial charge in [0.25, 0.3) is 0 Å². The number of rotatable bonds is 4. The van der Waals surface area contributed by atoms with Gasteiger partial charge in [-0.25, -0.2) is 0 Å². The summed E-state index contributed by atoms with van der Waals surface area (Å²) < 4.78 is 0. The van der Waals surface area contributed by atoms with Gasteiger partial charge in [-0.1, -0.05) is 6.42 Å². The summed E-state index contributed by atoms with van der Waals surface area (Å²) in [4.78, 5) is 0. The Morgan fingerprint density at radius 3 is 0.941 bits per heavy atom.